The maximum Gasteiger partial charge on any atom is 0.127 e. The summed E-state index contributed by atoms with van der Waals surface area (Å²) in [6.45, 7) is 2.68. The van der Waals surface area contributed by atoms with Gasteiger partial charge in [0, 0.05) is 11.1 Å². The summed E-state index contributed by atoms with van der Waals surface area (Å²) in [5.41, 5.74) is 1.37. The summed E-state index contributed by atoms with van der Waals surface area (Å²) in [4.78, 5) is 0. The molecule has 1 nitrogen and oxygen atoms in total. The van der Waals surface area contributed by atoms with Gasteiger partial charge in [-0.1, -0.05) is 36.7 Å². The first-order valence-electron chi connectivity index (χ1n) is 6.53. The van der Waals surface area contributed by atoms with E-state index in [4.69, 9.17) is 11.6 Å². The third-order valence-electron chi connectivity index (χ3n) is 3.14. The summed E-state index contributed by atoms with van der Waals surface area (Å²) in [5.74, 6) is -0.626. The van der Waals surface area contributed by atoms with Crippen LogP contribution in [0, 0.1) is 11.6 Å². The fourth-order valence-electron chi connectivity index (χ4n) is 2.18. The molecule has 2 aromatic carbocycles. The van der Waals surface area contributed by atoms with Gasteiger partial charge >= 0.3 is 0 Å². The van der Waals surface area contributed by atoms with Crippen LogP contribution in [0.5, 0.6) is 0 Å². The first-order chi connectivity index (χ1) is 9.60. The summed E-state index contributed by atoms with van der Waals surface area (Å²) >= 11 is 5.75. The fraction of sp³-hybridized carbons (Fsp3) is 0.250. The van der Waals surface area contributed by atoms with Crippen LogP contribution in [-0.2, 0) is 6.42 Å². The number of nitrogens with one attached hydrogen (secondary N) is 1. The highest BCUT2D eigenvalue weighted by Gasteiger charge is 2.14. The quantitative estimate of drug-likeness (QED) is 0.855. The van der Waals surface area contributed by atoms with E-state index in [9.17, 15) is 8.78 Å². The van der Waals surface area contributed by atoms with Crippen LogP contribution in [0.2, 0.25) is 5.02 Å². The highest BCUT2D eigenvalue weighted by Crippen LogP contribution is 2.22. The Labute approximate surface area is 122 Å². The lowest BCUT2D eigenvalue weighted by Gasteiger charge is -2.19. The minimum atomic E-state index is -0.336. The average molecular weight is 296 g/mol. The van der Waals surface area contributed by atoms with Crippen LogP contribution in [0.25, 0.3) is 0 Å². The summed E-state index contributed by atoms with van der Waals surface area (Å²) in [6, 6.07) is 10.9. The van der Waals surface area contributed by atoms with Crippen LogP contribution in [0.3, 0.4) is 0 Å². The first kappa shape index (κ1) is 14.9. The molecule has 106 valence electrons. The Morgan fingerprint density at radius 2 is 1.95 bits per heavy atom. The van der Waals surface area contributed by atoms with Crippen molar-refractivity contribution in [3.8, 4) is 0 Å². The molecular formula is C16H16ClF2N. The van der Waals surface area contributed by atoms with Crippen molar-refractivity contribution in [1.82, 2.24) is 5.32 Å². The van der Waals surface area contributed by atoms with E-state index in [-0.39, 0.29) is 17.7 Å². The standard InChI is InChI=1S/C16H16ClF2N/c1-2-20-16(12-4-3-5-14(18)8-12)9-11-6-7-13(17)10-15(11)19/h3-8,10,16,20H,2,9H2,1H3. The lowest BCUT2D eigenvalue weighted by Crippen LogP contribution is -2.23. The molecule has 0 saturated carbocycles. The Kier molecular flexibility index (Phi) is 5.10. The molecule has 1 unspecified atom stereocenters. The van der Waals surface area contributed by atoms with E-state index in [2.05, 4.69) is 5.32 Å². The Morgan fingerprint density at radius 3 is 2.60 bits per heavy atom. The zero-order valence-corrected chi connectivity index (χ0v) is 11.9. The lowest BCUT2D eigenvalue weighted by atomic mass is 9.98. The zero-order valence-electron chi connectivity index (χ0n) is 11.2. The van der Waals surface area contributed by atoms with Crippen molar-refractivity contribution in [3.63, 3.8) is 0 Å². The molecule has 0 spiro atoms. The molecule has 0 heterocycles. The van der Waals surface area contributed by atoms with Crippen LogP contribution in [0.15, 0.2) is 42.5 Å². The van der Waals surface area contributed by atoms with Crippen molar-refractivity contribution in [1.29, 1.82) is 0 Å². The van der Waals surface area contributed by atoms with Crippen molar-refractivity contribution in [2.24, 2.45) is 0 Å². The smallest absolute Gasteiger partial charge is 0.127 e. The lowest BCUT2D eigenvalue weighted by molar-refractivity contribution is 0.523. The minimum Gasteiger partial charge on any atom is -0.310 e. The highest BCUT2D eigenvalue weighted by atomic mass is 35.5. The van der Waals surface area contributed by atoms with Gasteiger partial charge in [-0.3, -0.25) is 0 Å². The van der Waals surface area contributed by atoms with Crippen molar-refractivity contribution in [2.75, 3.05) is 6.54 Å². The number of likely N-dealkylation sites (N-methyl/N-ethyl adjacent to an activating group) is 1. The predicted octanol–water partition coefficient (Wildman–Crippen LogP) is 4.51. The topological polar surface area (TPSA) is 12.0 Å². The van der Waals surface area contributed by atoms with Crippen LogP contribution < -0.4 is 5.32 Å². The number of halogens is 3. The Balaban J connectivity index is 2.25. The van der Waals surface area contributed by atoms with Gasteiger partial charge in [0.15, 0.2) is 0 Å². The maximum atomic E-state index is 13.9. The second-order valence-electron chi connectivity index (χ2n) is 4.61. The van der Waals surface area contributed by atoms with Gasteiger partial charge in [0.25, 0.3) is 0 Å². The van der Waals surface area contributed by atoms with Crippen LogP contribution in [-0.4, -0.2) is 6.54 Å². The number of hydrogen-bond acceptors (Lipinski definition) is 1. The molecule has 1 atom stereocenters. The molecule has 0 fully saturated rings. The number of benzene rings is 2. The second kappa shape index (κ2) is 6.82. The SMILES string of the molecule is CCNC(Cc1ccc(Cl)cc1F)c1cccc(F)c1. The predicted molar refractivity (Wildman–Crippen MR) is 77.9 cm³/mol. The molecule has 2 aromatic rings. The zero-order chi connectivity index (χ0) is 14.5. The van der Waals surface area contributed by atoms with Gasteiger partial charge in [0.05, 0.1) is 0 Å². The van der Waals surface area contributed by atoms with E-state index >= 15 is 0 Å². The highest BCUT2D eigenvalue weighted by molar-refractivity contribution is 6.30. The molecule has 0 aromatic heterocycles. The van der Waals surface area contributed by atoms with E-state index in [0.717, 1.165) is 12.1 Å². The Hall–Kier alpha value is -1.45. The van der Waals surface area contributed by atoms with E-state index in [1.54, 1.807) is 18.2 Å². The second-order valence-corrected chi connectivity index (χ2v) is 5.04. The summed E-state index contributed by atoms with van der Waals surface area (Å²) in [6.07, 6.45) is 0.445. The number of rotatable bonds is 5. The molecule has 0 aliphatic heterocycles. The van der Waals surface area contributed by atoms with E-state index in [0.29, 0.717) is 17.0 Å². The third kappa shape index (κ3) is 3.78. The van der Waals surface area contributed by atoms with Gasteiger partial charge in [-0.2, -0.15) is 0 Å². The van der Waals surface area contributed by atoms with Gasteiger partial charge < -0.3 is 5.32 Å². The van der Waals surface area contributed by atoms with E-state index < -0.39 is 0 Å². The first-order valence-corrected chi connectivity index (χ1v) is 6.90. The average Bonchev–Trinajstić information content (AvgIpc) is 2.41. The van der Waals surface area contributed by atoms with Crippen molar-refractivity contribution in [2.45, 2.75) is 19.4 Å². The van der Waals surface area contributed by atoms with Gasteiger partial charge in [-0.05, 0) is 48.4 Å². The van der Waals surface area contributed by atoms with E-state index in [1.807, 2.05) is 13.0 Å². The van der Waals surface area contributed by atoms with Gasteiger partial charge in [0.2, 0.25) is 0 Å². The fourth-order valence-corrected chi connectivity index (χ4v) is 2.34. The molecule has 0 radical (unpaired) electrons. The van der Waals surface area contributed by atoms with Gasteiger partial charge in [0.1, 0.15) is 11.6 Å². The summed E-state index contributed by atoms with van der Waals surface area (Å²) in [5, 5.41) is 3.62. The molecule has 0 saturated heterocycles. The van der Waals surface area contributed by atoms with Crippen LogP contribution >= 0.6 is 11.6 Å². The van der Waals surface area contributed by atoms with Gasteiger partial charge in [-0.25, -0.2) is 8.78 Å². The maximum absolute atomic E-state index is 13.9. The van der Waals surface area contributed by atoms with Gasteiger partial charge in [-0.15, -0.1) is 0 Å². The molecule has 1 N–H and O–H groups in total. The molecule has 0 amide bonds. The molecule has 0 bridgehead atoms. The van der Waals surface area contributed by atoms with Crippen molar-refractivity contribution in [3.05, 3.63) is 70.2 Å². The molecule has 0 aliphatic rings. The summed E-state index contributed by atoms with van der Waals surface area (Å²) < 4.78 is 27.2. The largest absolute Gasteiger partial charge is 0.310 e. The van der Waals surface area contributed by atoms with E-state index in [1.165, 1.54) is 18.2 Å². The molecule has 20 heavy (non-hydrogen) atoms. The van der Waals surface area contributed by atoms with Crippen molar-refractivity contribution < 1.29 is 8.78 Å². The van der Waals surface area contributed by atoms with Crippen molar-refractivity contribution >= 4 is 11.6 Å². The molecule has 2 rings (SSSR count). The number of hydrogen-bond donors (Lipinski definition) is 1. The minimum absolute atomic E-state index is 0.133. The third-order valence-corrected chi connectivity index (χ3v) is 3.38. The Bertz CT molecular complexity index is 586. The Morgan fingerprint density at radius 1 is 1.15 bits per heavy atom. The molecule has 4 heteroatoms. The molecular weight excluding hydrogens is 280 g/mol. The van der Waals surface area contributed by atoms with Crippen LogP contribution in [0.1, 0.15) is 24.1 Å². The molecule has 0 aliphatic carbocycles. The normalized spacial score (nSPS) is 12.4. The monoisotopic (exact) mass is 295 g/mol. The van der Waals surface area contributed by atoms with Crippen LogP contribution in [0.4, 0.5) is 8.78 Å². The summed E-state index contributed by atoms with van der Waals surface area (Å²) in [7, 11) is 0.